The van der Waals surface area contributed by atoms with E-state index in [1.54, 1.807) is 6.92 Å². The number of aromatic nitrogens is 3. The molecule has 0 saturated heterocycles. The van der Waals surface area contributed by atoms with Gasteiger partial charge in [0.2, 0.25) is 0 Å². The average molecular weight is 126 g/mol. The molecule has 0 spiro atoms. The first-order valence-electron chi connectivity index (χ1n) is 2.38. The summed E-state index contributed by atoms with van der Waals surface area (Å²) in [6.07, 6.45) is 1.06. The molecule has 0 aliphatic rings. The van der Waals surface area contributed by atoms with Crippen molar-refractivity contribution >= 4 is 0 Å². The van der Waals surface area contributed by atoms with Crippen LogP contribution in [0.2, 0.25) is 0 Å². The summed E-state index contributed by atoms with van der Waals surface area (Å²) in [7, 11) is 0. The summed E-state index contributed by atoms with van der Waals surface area (Å²) in [5, 5.41) is 6.91. The summed E-state index contributed by atoms with van der Waals surface area (Å²) in [4.78, 5) is 10.6. The van der Waals surface area contributed by atoms with E-state index >= 15 is 0 Å². The molecule has 5 nitrogen and oxygen atoms in total. The fraction of sp³-hybridized carbons (Fsp3) is 0.250. The lowest BCUT2D eigenvalue weighted by Crippen LogP contribution is -2.29. The van der Waals surface area contributed by atoms with Gasteiger partial charge in [0.05, 0.1) is 0 Å². The predicted octanol–water partition coefficient (Wildman–Crippen LogP) is -1.34. The van der Waals surface area contributed by atoms with E-state index in [9.17, 15) is 4.79 Å². The summed E-state index contributed by atoms with van der Waals surface area (Å²) < 4.78 is 0.938. The number of nitrogen functional groups attached to an aromatic ring is 1. The molecule has 2 N–H and O–H groups in total. The van der Waals surface area contributed by atoms with Crippen molar-refractivity contribution in [2.24, 2.45) is 0 Å². The first kappa shape index (κ1) is 5.74. The molecule has 1 rings (SSSR count). The van der Waals surface area contributed by atoms with Crippen molar-refractivity contribution < 1.29 is 0 Å². The van der Waals surface area contributed by atoms with E-state index in [-0.39, 0.29) is 5.56 Å². The van der Waals surface area contributed by atoms with Gasteiger partial charge in [0, 0.05) is 0 Å². The Morgan fingerprint density at radius 1 is 1.78 bits per heavy atom. The molecular weight excluding hydrogens is 120 g/mol. The van der Waals surface area contributed by atoms with Crippen LogP contribution >= 0.6 is 0 Å². The average Bonchev–Trinajstić information content (AvgIpc) is 1.83. The maximum Gasteiger partial charge on any atom is 0.290 e. The van der Waals surface area contributed by atoms with Gasteiger partial charge in [0.15, 0.2) is 5.82 Å². The minimum atomic E-state index is -0.345. The highest BCUT2D eigenvalue weighted by Crippen LogP contribution is 1.74. The van der Waals surface area contributed by atoms with E-state index in [0.717, 1.165) is 10.9 Å². The summed E-state index contributed by atoms with van der Waals surface area (Å²) in [6, 6.07) is 0. The summed E-state index contributed by atoms with van der Waals surface area (Å²) >= 11 is 0. The zero-order valence-corrected chi connectivity index (χ0v) is 4.90. The molecule has 1 aromatic heterocycles. The van der Waals surface area contributed by atoms with Gasteiger partial charge in [-0.25, -0.2) is 4.68 Å². The minimum Gasteiger partial charge on any atom is -0.335 e. The molecule has 1 heterocycles. The standard InChI is InChI=1S/C4H6N4O/c1-3-7-6-2-4(9)8(3)5/h2H,5H2,1H3. The number of nitrogens with zero attached hydrogens (tertiary/aromatic N) is 3. The summed E-state index contributed by atoms with van der Waals surface area (Å²) in [6.45, 7) is 1.61. The second-order valence-corrected chi connectivity index (χ2v) is 1.60. The molecule has 0 aliphatic carbocycles. The Morgan fingerprint density at radius 2 is 2.44 bits per heavy atom. The number of hydrogen-bond acceptors (Lipinski definition) is 4. The second-order valence-electron chi connectivity index (χ2n) is 1.60. The van der Waals surface area contributed by atoms with Gasteiger partial charge in [-0.3, -0.25) is 4.79 Å². The van der Waals surface area contributed by atoms with Crippen LogP contribution < -0.4 is 11.4 Å². The van der Waals surface area contributed by atoms with Crippen molar-refractivity contribution in [3.63, 3.8) is 0 Å². The molecule has 0 bridgehead atoms. The van der Waals surface area contributed by atoms with Crippen LogP contribution in [0.25, 0.3) is 0 Å². The van der Waals surface area contributed by atoms with Crippen LogP contribution in [0.5, 0.6) is 0 Å². The highest BCUT2D eigenvalue weighted by atomic mass is 16.1. The van der Waals surface area contributed by atoms with Gasteiger partial charge >= 0.3 is 0 Å². The van der Waals surface area contributed by atoms with Gasteiger partial charge in [-0.15, -0.1) is 5.10 Å². The molecule has 1 aromatic rings. The second kappa shape index (κ2) is 1.85. The SMILES string of the molecule is Cc1nncc(=O)n1N. The third kappa shape index (κ3) is 0.883. The van der Waals surface area contributed by atoms with Crippen LogP contribution in [-0.4, -0.2) is 14.9 Å². The molecule has 0 radical (unpaired) electrons. The molecule has 0 fully saturated rings. The predicted molar refractivity (Wildman–Crippen MR) is 31.2 cm³/mol. The van der Waals surface area contributed by atoms with E-state index in [4.69, 9.17) is 5.84 Å². The Labute approximate surface area is 51.1 Å². The van der Waals surface area contributed by atoms with Crippen molar-refractivity contribution in [3.05, 3.63) is 22.4 Å². The lowest BCUT2D eigenvalue weighted by atomic mass is 10.7. The molecule has 9 heavy (non-hydrogen) atoms. The van der Waals surface area contributed by atoms with Crippen LogP contribution in [-0.2, 0) is 0 Å². The molecule has 0 atom stereocenters. The van der Waals surface area contributed by atoms with Gasteiger partial charge < -0.3 is 5.84 Å². The monoisotopic (exact) mass is 126 g/mol. The molecule has 0 saturated carbocycles. The summed E-state index contributed by atoms with van der Waals surface area (Å²) in [5.74, 6) is 5.59. The number of hydrogen-bond donors (Lipinski definition) is 1. The van der Waals surface area contributed by atoms with Crippen molar-refractivity contribution in [3.8, 4) is 0 Å². The molecule has 0 unspecified atom stereocenters. The molecule has 0 aliphatic heterocycles. The van der Waals surface area contributed by atoms with Crippen LogP contribution in [0.3, 0.4) is 0 Å². The smallest absolute Gasteiger partial charge is 0.290 e. The Balaban J connectivity index is 3.43. The van der Waals surface area contributed by atoms with Crippen LogP contribution in [0.1, 0.15) is 5.82 Å². The van der Waals surface area contributed by atoms with Crippen LogP contribution in [0.15, 0.2) is 11.0 Å². The van der Waals surface area contributed by atoms with Gasteiger partial charge in [-0.2, -0.15) is 5.10 Å². The van der Waals surface area contributed by atoms with Crippen molar-refractivity contribution in [2.45, 2.75) is 6.92 Å². The normalized spacial score (nSPS) is 9.44. The highest BCUT2D eigenvalue weighted by Gasteiger charge is 1.92. The third-order valence-electron chi connectivity index (χ3n) is 0.957. The Morgan fingerprint density at radius 3 is 2.89 bits per heavy atom. The first-order chi connectivity index (χ1) is 4.22. The molecular formula is C4H6N4O. The lowest BCUT2D eigenvalue weighted by Gasteiger charge is -1.95. The maximum absolute atomic E-state index is 10.6. The van der Waals surface area contributed by atoms with E-state index in [1.807, 2.05) is 0 Å². The zero-order valence-electron chi connectivity index (χ0n) is 4.90. The third-order valence-corrected chi connectivity index (χ3v) is 0.957. The maximum atomic E-state index is 10.6. The van der Waals surface area contributed by atoms with Crippen molar-refractivity contribution in [1.29, 1.82) is 0 Å². The van der Waals surface area contributed by atoms with E-state index in [0.29, 0.717) is 5.82 Å². The fourth-order valence-electron chi connectivity index (χ4n) is 0.432. The van der Waals surface area contributed by atoms with Gasteiger partial charge in [0.25, 0.3) is 5.56 Å². The first-order valence-corrected chi connectivity index (χ1v) is 2.38. The fourth-order valence-corrected chi connectivity index (χ4v) is 0.432. The van der Waals surface area contributed by atoms with E-state index in [2.05, 4.69) is 10.2 Å². The van der Waals surface area contributed by atoms with Gasteiger partial charge in [0.1, 0.15) is 6.20 Å². The minimum absolute atomic E-state index is 0.345. The Hall–Kier alpha value is -1.39. The molecule has 0 aromatic carbocycles. The number of rotatable bonds is 0. The summed E-state index contributed by atoms with van der Waals surface area (Å²) in [5.41, 5.74) is -0.345. The van der Waals surface area contributed by atoms with Crippen LogP contribution in [0.4, 0.5) is 0 Å². The van der Waals surface area contributed by atoms with Crippen LogP contribution in [0, 0.1) is 6.92 Å². The topological polar surface area (TPSA) is 73.8 Å². The quantitative estimate of drug-likeness (QED) is 0.436. The number of aryl methyl sites for hydroxylation is 1. The lowest BCUT2D eigenvalue weighted by molar-refractivity contribution is 0.768. The van der Waals surface area contributed by atoms with Gasteiger partial charge in [-0.05, 0) is 6.92 Å². The molecule has 0 amide bonds. The molecule has 48 valence electrons. The van der Waals surface area contributed by atoms with E-state index in [1.165, 1.54) is 0 Å². The van der Waals surface area contributed by atoms with E-state index < -0.39 is 0 Å². The number of nitrogens with two attached hydrogens (primary N) is 1. The van der Waals surface area contributed by atoms with Crippen molar-refractivity contribution in [1.82, 2.24) is 14.9 Å². The zero-order chi connectivity index (χ0) is 6.85. The highest BCUT2D eigenvalue weighted by molar-refractivity contribution is 4.82. The Bertz CT molecular complexity index is 266. The molecule has 5 heteroatoms. The van der Waals surface area contributed by atoms with Crippen molar-refractivity contribution in [2.75, 3.05) is 5.84 Å². The van der Waals surface area contributed by atoms with Gasteiger partial charge in [-0.1, -0.05) is 0 Å². The Kier molecular flexibility index (Phi) is 1.18. The largest absolute Gasteiger partial charge is 0.335 e.